The minimum Gasteiger partial charge on any atom is -0.481 e. The molecule has 0 aliphatic heterocycles. The quantitative estimate of drug-likeness (QED) is 0.899. The fraction of sp³-hybridized carbons (Fsp3) is 0.143. The Kier molecular flexibility index (Phi) is 4.99. The first kappa shape index (κ1) is 16.3. The van der Waals surface area contributed by atoms with Gasteiger partial charge in [0, 0.05) is 6.20 Å². The van der Waals surface area contributed by atoms with E-state index in [1.807, 2.05) is 4.72 Å². The Morgan fingerprint density at radius 1 is 1.23 bits per heavy atom. The Morgan fingerprint density at radius 2 is 1.91 bits per heavy atom. The molecule has 0 saturated carbocycles. The number of sulfonamides is 1. The number of nitrogens with zero attached hydrogens (tertiary/aromatic N) is 1. The summed E-state index contributed by atoms with van der Waals surface area (Å²) in [7, 11) is -4.06. The molecule has 0 aliphatic carbocycles. The van der Waals surface area contributed by atoms with Crippen LogP contribution >= 0.6 is 11.6 Å². The fourth-order valence-corrected chi connectivity index (χ4v) is 2.63. The first-order valence-electron chi connectivity index (χ1n) is 6.28. The predicted molar refractivity (Wildman–Crippen MR) is 81.1 cm³/mol. The van der Waals surface area contributed by atoms with Gasteiger partial charge in [-0.1, -0.05) is 29.8 Å². The molecule has 1 aromatic carbocycles. The zero-order valence-corrected chi connectivity index (χ0v) is 13.1. The van der Waals surface area contributed by atoms with E-state index in [1.165, 1.54) is 25.3 Å². The molecule has 0 unspecified atom stereocenters. The molecule has 0 fully saturated rings. The van der Waals surface area contributed by atoms with Gasteiger partial charge in [0.1, 0.15) is 5.75 Å². The number of benzene rings is 1. The fourth-order valence-electron chi connectivity index (χ4n) is 1.55. The van der Waals surface area contributed by atoms with Gasteiger partial charge in [0.2, 0.25) is 0 Å². The average Bonchev–Trinajstić information content (AvgIpc) is 2.48. The molecule has 0 radical (unpaired) electrons. The topological polar surface area (TPSA) is 85.4 Å². The summed E-state index contributed by atoms with van der Waals surface area (Å²) in [6.07, 6.45) is 0.203. The molecule has 1 aromatic heterocycles. The standard InChI is InChI=1S/C14H13ClN2O4S/c1-10(21-12-5-3-2-4-6-12)14(18)17-22(19,20)13-8-7-11(15)9-16-13/h2-10H,1H3,(H,17,18)/t10-/m1/s1. The maximum Gasteiger partial charge on any atom is 0.281 e. The van der Waals surface area contributed by atoms with Crippen LogP contribution in [0.15, 0.2) is 53.7 Å². The van der Waals surface area contributed by atoms with Gasteiger partial charge in [-0.2, -0.15) is 8.42 Å². The van der Waals surface area contributed by atoms with Crippen molar-refractivity contribution in [2.24, 2.45) is 0 Å². The van der Waals surface area contributed by atoms with E-state index in [0.717, 1.165) is 0 Å². The SMILES string of the molecule is C[C@@H](Oc1ccccc1)C(=O)NS(=O)(=O)c1ccc(Cl)cn1. The lowest BCUT2D eigenvalue weighted by atomic mass is 10.3. The van der Waals surface area contributed by atoms with Crippen molar-refractivity contribution in [2.45, 2.75) is 18.1 Å². The van der Waals surface area contributed by atoms with E-state index < -0.39 is 22.0 Å². The Balaban J connectivity index is 2.05. The number of carbonyl (C=O) groups excluding carboxylic acids is 1. The predicted octanol–water partition coefficient (Wildman–Crippen LogP) is 2.01. The van der Waals surface area contributed by atoms with Crippen LogP contribution in [0.4, 0.5) is 0 Å². The molecular weight excluding hydrogens is 328 g/mol. The minimum absolute atomic E-state index is 0.294. The highest BCUT2D eigenvalue weighted by molar-refractivity contribution is 7.90. The van der Waals surface area contributed by atoms with E-state index in [0.29, 0.717) is 10.8 Å². The van der Waals surface area contributed by atoms with Crippen molar-refractivity contribution < 1.29 is 17.9 Å². The molecule has 0 aliphatic rings. The molecular formula is C14H13ClN2O4S. The van der Waals surface area contributed by atoms with Gasteiger partial charge < -0.3 is 4.74 Å². The summed E-state index contributed by atoms with van der Waals surface area (Å²) in [6.45, 7) is 1.45. The number of rotatable bonds is 5. The van der Waals surface area contributed by atoms with Gasteiger partial charge in [-0.3, -0.25) is 4.79 Å². The highest BCUT2D eigenvalue weighted by Crippen LogP contribution is 2.13. The molecule has 2 aromatic rings. The van der Waals surface area contributed by atoms with Crippen LogP contribution in [0.5, 0.6) is 5.75 Å². The van der Waals surface area contributed by atoms with Crippen LogP contribution in [-0.2, 0) is 14.8 Å². The van der Waals surface area contributed by atoms with E-state index in [9.17, 15) is 13.2 Å². The van der Waals surface area contributed by atoms with Gasteiger partial charge in [-0.05, 0) is 31.2 Å². The zero-order valence-electron chi connectivity index (χ0n) is 11.6. The lowest BCUT2D eigenvalue weighted by Gasteiger charge is -2.14. The van der Waals surface area contributed by atoms with Crippen LogP contribution in [0, 0.1) is 0 Å². The Hall–Kier alpha value is -2.12. The Bertz CT molecular complexity index is 748. The van der Waals surface area contributed by atoms with E-state index in [-0.39, 0.29) is 5.03 Å². The second-order valence-corrected chi connectivity index (χ2v) is 6.42. The molecule has 0 saturated heterocycles. The highest BCUT2D eigenvalue weighted by Gasteiger charge is 2.23. The highest BCUT2D eigenvalue weighted by atomic mass is 35.5. The summed E-state index contributed by atoms with van der Waals surface area (Å²) in [6, 6.07) is 11.2. The molecule has 116 valence electrons. The lowest BCUT2D eigenvalue weighted by Crippen LogP contribution is -2.40. The van der Waals surface area contributed by atoms with E-state index >= 15 is 0 Å². The molecule has 1 N–H and O–H groups in total. The van der Waals surface area contributed by atoms with Crippen LogP contribution in [0.2, 0.25) is 5.02 Å². The Labute approximate surface area is 133 Å². The Morgan fingerprint density at radius 3 is 2.50 bits per heavy atom. The molecule has 0 bridgehead atoms. The third kappa shape index (κ3) is 4.19. The second-order valence-electron chi connectivity index (χ2n) is 4.36. The van der Waals surface area contributed by atoms with Crippen molar-refractivity contribution in [2.75, 3.05) is 0 Å². The largest absolute Gasteiger partial charge is 0.481 e. The number of hydrogen-bond donors (Lipinski definition) is 1. The summed E-state index contributed by atoms with van der Waals surface area (Å²) in [4.78, 5) is 15.6. The number of nitrogens with one attached hydrogen (secondary N) is 1. The van der Waals surface area contributed by atoms with Gasteiger partial charge in [-0.25, -0.2) is 9.71 Å². The molecule has 8 heteroatoms. The monoisotopic (exact) mass is 340 g/mol. The number of ether oxygens (including phenoxy) is 1. The maximum absolute atomic E-state index is 12.0. The number of aromatic nitrogens is 1. The summed E-state index contributed by atoms with van der Waals surface area (Å²) >= 11 is 5.64. The first-order valence-corrected chi connectivity index (χ1v) is 8.14. The van der Waals surface area contributed by atoms with Crippen molar-refractivity contribution >= 4 is 27.5 Å². The number of carbonyl (C=O) groups is 1. The zero-order chi connectivity index (χ0) is 16.2. The lowest BCUT2D eigenvalue weighted by molar-refractivity contribution is -0.125. The van der Waals surface area contributed by atoms with Gasteiger partial charge in [-0.15, -0.1) is 0 Å². The smallest absolute Gasteiger partial charge is 0.281 e. The van der Waals surface area contributed by atoms with E-state index in [4.69, 9.17) is 16.3 Å². The van der Waals surface area contributed by atoms with E-state index in [2.05, 4.69) is 4.98 Å². The van der Waals surface area contributed by atoms with Crippen LogP contribution in [0.25, 0.3) is 0 Å². The van der Waals surface area contributed by atoms with Crippen LogP contribution in [-0.4, -0.2) is 25.4 Å². The molecule has 2 rings (SSSR count). The van der Waals surface area contributed by atoms with Gasteiger partial charge in [0.05, 0.1) is 5.02 Å². The van der Waals surface area contributed by atoms with Crippen molar-refractivity contribution in [1.29, 1.82) is 0 Å². The van der Waals surface area contributed by atoms with Crippen molar-refractivity contribution in [3.8, 4) is 5.75 Å². The molecule has 1 atom stereocenters. The second kappa shape index (κ2) is 6.76. The number of para-hydroxylation sites is 1. The third-order valence-electron chi connectivity index (χ3n) is 2.64. The molecule has 1 amide bonds. The van der Waals surface area contributed by atoms with Gasteiger partial charge in [0.15, 0.2) is 11.1 Å². The van der Waals surface area contributed by atoms with Crippen molar-refractivity contribution in [3.63, 3.8) is 0 Å². The first-order chi connectivity index (χ1) is 10.4. The van der Waals surface area contributed by atoms with Crippen LogP contribution in [0.3, 0.4) is 0 Å². The minimum atomic E-state index is -4.06. The normalized spacial score (nSPS) is 12.5. The average molecular weight is 341 g/mol. The van der Waals surface area contributed by atoms with Crippen LogP contribution < -0.4 is 9.46 Å². The van der Waals surface area contributed by atoms with Crippen LogP contribution in [0.1, 0.15) is 6.92 Å². The number of amides is 1. The molecule has 1 heterocycles. The van der Waals surface area contributed by atoms with E-state index in [1.54, 1.807) is 30.3 Å². The van der Waals surface area contributed by atoms with Crippen molar-refractivity contribution in [1.82, 2.24) is 9.71 Å². The number of pyridine rings is 1. The maximum atomic E-state index is 12.0. The number of hydrogen-bond acceptors (Lipinski definition) is 5. The molecule has 6 nitrogen and oxygen atoms in total. The molecule has 22 heavy (non-hydrogen) atoms. The number of halogens is 1. The molecule has 0 spiro atoms. The summed E-state index contributed by atoms with van der Waals surface area (Å²) in [5.74, 6) is -0.326. The summed E-state index contributed by atoms with van der Waals surface area (Å²) < 4.78 is 31.3. The summed E-state index contributed by atoms with van der Waals surface area (Å²) in [5, 5.41) is 0.00298. The third-order valence-corrected chi connectivity index (χ3v) is 4.12. The summed E-state index contributed by atoms with van der Waals surface area (Å²) in [5.41, 5.74) is 0. The van der Waals surface area contributed by atoms with Gasteiger partial charge >= 0.3 is 0 Å². The van der Waals surface area contributed by atoms with Crippen molar-refractivity contribution in [3.05, 3.63) is 53.7 Å². The van der Waals surface area contributed by atoms with Gasteiger partial charge in [0.25, 0.3) is 15.9 Å².